The first-order valence-corrected chi connectivity index (χ1v) is 6.03. The predicted molar refractivity (Wildman–Crippen MR) is 61.2 cm³/mol. The molecule has 0 aliphatic carbocycles. The lowest BCUT2D eigenvalue weighted by molar-refractivity contribution is 0.1000. The molecule has 0 unspecified atom stereocenters. The highest BCUT2D eigenvalue weighted by atomic mass is 35.5. The third-order valence-corrected chi connectivity index (χ3v) is 4.05. The molecular formula is C9H12ClN3OS. The van der Waals surface area contributed by atoms with E-state index in [9.17, 15) is 0 Å². The van der Waals surface area contributed by atoms with Crippen molar-refractivity contribution >= 4 is 29.2 Å². The zero-order valence-electron chi connectivity index (χ0n) is 8.15. The number of hydrogen-bond donors (Lipinski definition) is 1. The molecular weight excluding hydrogens is 234 g/mol. The third kappa shape index (κ3) is 2.74. The molecule has 6 heteroatoms. The zero-order chi connectivity index (χ0) is 10.7. The van der Waals surface area contributed by atoms with Gasteiger partial charge in [0.05, 0.1) is 0 Å². The summed E-state index contributed by atoms with van der Waals surface area (Å²) in [4.78, 5) is 7.96. The molecule has 1 aliphatic rings. The molecule has 0 spiro atoms. The Morgan fingerprint density at radius 3 is 2.87 bits per heavy atom. The van der Waals surface area contributed by atoms with Crippen LogP contribution in [0.5, 0.6) is 0 Å². The Kier molecular flexibility index (Phi) is 3.66. The van der Waals surface area contributed by atoms with E-state index >= 15 is 0 Å². The fraction of sp³-hybridized carbons (Fsp3) is 0.556. The van der Waals surface area contributed by atoms with E-state index in [2.05, 4.69) is 9.97 Å². The fourth-order valence-electron chi connectivity index (χ4n) is 1.40. The van der Waals surface area contributed by atoms with E-state index in [1.54, 1.807) is 11.8 Å². The molecule has 0 radical (unpaired) electrons. The molecule has 4 nitrogen and oxygen atoms in total. The van der Waals surface area contributed by atoms with Gasteiger partial charge in [-0.25, -0.2) is 9.97 Å². The maximum Gasteiger partial charge on any atom is 0.146 e. The van der Waals surface area contributed by atoms with E-state index in [-0.39, 0.29) is 0 Å². The van der Waals surface area contributed by atoms with E-state index in [1.165, 1.54) is 6.33 Å². The van der Waals surface area contributed by atoms with Gasteiger partial charge in [-0.15, -0.1) is 11.8 Å². The number of ether oxygens (including phenoxy) is 1. The van der Waals surface area contributed by atoms with Crippen LogP contribution in [0, 0.1) is 0 Å². The van der Waals surface area contributed by atoms with Crippen LogP contribution in [0.1, 0.15) is 12.8 Å². The summed E-state index contributed by atoms with van der Waals surface area (Å²) in [5.41, 5.74) is 5.60. The Labute approximate surface area is 97.6 Å². The fourth-order valence-corrected chi connectivity index (χ4v) is 2.69. The van der Waals surface area contributed by atoms with Gasteiger partial charge in [-0.3, -0.25) is 0 Å². The highest BCUT2D eigenvalue weighted by Gasteiger charge is 2.18. The summed E-state index contributed by atoms with van der Waals surface area (Å²) < 4.78 is 5.29. The molecule has 0 saturated carbocycles. The first kappa shape index (κ1) is 11.0. The van der Waals surface area contributed by atoms with E-state index in [0.29, 0.717) is 16.1 Å². The summed E-state index contributed by atoms with van der Waals surface area (Å²) in [5, 5.41) is 1.76. The molecule has 0 bridgehead atoms. The molecule has 2 heterocycles. The van der Waals surface area contributed by atoms with Crippen LogP contribution in [0.3, 0.4) is 0 Å². The lowest BCUT2D eigenvalue weighted by Gasteiger charge is -2.21. The van der Waals surface area contributed by atoms with Crippen molar-refractivity contribution in [2.24, 2.45) is 0 Å². The average Bonchev–Trinajstić information content (AvgIpc) is 2.26. The smallest absolute Gasteiger partial charge is 0.146 e. The van der Waals surface area contributed by atoms with E-state index in [0.717, 1.165) is 31.1 Å². The standard InChI is InChI=1S/C9H12ClN3OS/c10-7-8(11)12-5-13-9(7)15-6-1-3-14-4-2-6/h5-6H,1-4H2,(H2,11,12,13). The number of halogens is 1. The average molecular weight is 246 g/mol. The second kappa shape index (κ2) is 5.01. The molecule has 1 saturated heterocycles. The van der Waals surface area contributed by atoms with Crippen molar-refractivity contribution in [1.29, 1.82) is 0 Å². The summed E-state index contributed by atoms with van der Waals surface area (Å²) in [5.74, 6) is 0.348. The van der Waals surface area contributed by atoms with E-state index in [1.807, 2.05) is 0 Å². The number of nitrogens with zero attached hydrogens (tertiary/aromatic N) is 2. The Morgan fingerprint density at radius 1 is 1.40 bits per heavy atom. The quantitative estimate of drug-likeness (QED) is 0.808. The largest absolute Gasteiger partial charge is 0.382 e. The first-order valence-electron chi connectivity index (χ1n) is 4.77. The van der Waals surface area contributed by atoms with Gasteiger partial charge in [0.2, 0.25) is 0 Å². The number of hydrogen-bond acceptors (Lipinski definition) is 5. The molecule has 0 aromatic carbocycles. The molecule has 15 heavy (non-hydrogen) atoms. The number of aromatic nitrogens is 2. The molecule has 1 aromatic heterocycles. The monoisotopic (exact) mass is 245 g/mol. The number of rotatable bonds is 2. The number of thioether (sulfide) groups is 1. The maximum absolute atomic E-state index is 6.01. The van der Waals surface area contributed by atoms with Gasteiger partial charge in [-0.1, -0.05) is 11.6 Å². The lowest BCUT2D eigenvalue weighted by atomic mass is 10.2. The number of anilines is 1. The summed E-state index contributed by atoms with van der Waals surface area (Å²) in [6.45, 7) is 1.63. The predicted octanol–water partition coefficient (Wildman–Crippen LogP) is 1.98. The molecule has 2 N–H and O–H groups in total. The van der Waals surface area contributed by atoms with E-state index in [4.69, 9.17) is 22.1 Å². The SMILES string of the molecule is Nc1ncnc(SC2CCOCC2)c1Cl. The second-order valence-corrected chi connectivity index (χ2v) is 4.97. The topological polar surface area (TPSA) is 61.0 Å². The minimum Gasteiger partial charge on any atom is -0.382 e. The van der Waals surface area contributed by atoms with Crippen molar-refractivity contribution in [1.82, 2.24) is 9.97 Å². The highest BCUT2D eigenvalue weighted by Crippen LogP contribution is 2.34. The number of nitrogen functional groups attached to an aromatic ring is 1. The molecule has 0 atom stereocenters. The van der Waals surface area contributed by atoms with Crippen LogP contribution >= 0.6 is 23.4 Å². The van der Waals surface area contributed by atoms with Crippen molar-refractivity contribution in [2.75, 3.05) is 18.9 Å². The minimum atomic E-state index is 0.348. The molecule has 1 aliphatic heterocycles. The van der Waals surface area contributed by atoms with Gasteiger partial charge in [-0.2, -0.15) is 0 Å². The Balaban J connectivity index is 2.06. The molecule has 2 rings (SSSR count). The zero-order valence-corrected chi connectivity index (χ0v) is 9.72. The summed E-state index contributed by atoms with van der Waals surface area (Å²) in [6.07, 6.45) is 3.51. The molecule has 82 valence electrons. The Morgan fingerprint density at radius 2 is 2.13 bits per heavy atom. The summed E-state index contributed by atoms with van der Waals surface area (Å²) in [6, 6.07) is 0. The van der Waals surface area contributed by atoms with Gasteiger partial charge in [0.1, 0.15) is 22.2 Å². The van der Waals surface area contributed by atoms with Crippen molar-refractivity contribution in [3.05, 3.63) is 11.3 Å². The van der Waals surface area contributed by atoms with Crippen molar-refractivity contribution in [3.63, 3.8) is 0 Å². The molecule has 1 fully saturated rings. The lowest BCUT2D eigenvalue weighted by Crippen LogP contribution is -2.17. The van der Waals surface area contributed by atoms with Crippen LogP contribution in [0.2, 0.25) is 5.02 Å². The van der Waals surface area contributed by atoms with Gasteiger partial charge in [0, 0.05) is 18.5 Å². The normalized spacial score (nSPS) is 17.9. The van der Waals surface area contributed by atoms with Crippen molar-refractivity contribution in [2.45, 2.75) is 23.1 Å². The summed E-state index contributed by atoms with van der Waals surface area (Å²) >= 11 is 7.67. The minimum absolute atomic E-state index is 0.348. The van der Waals surface area contributed by atoms with Crippen LogP contribution < -0.4 is 5.73 Å². The van der Waals surface area contributed by atoms with Crippen LogP contribution in [0.25, 0.3) is 0 Å². The second-order valence-electron chi connectivity index (χ2n) is 3.31. The van der Waals surface area contributed by atoms with Gasteiger partial charge in [0.15, 0.2) is 0 Å². The van der Waals surface area contributed by atoms with Crippen LogP contribution in [-0.2, 0) is 4.74 Å². The van der Waals surface area contributed by atoms with Gasteiger partial charge in [0.25, 0.3) is 0 Å². The van der Waals surface area contributed by atoms with Crippen molar-refractivity contribution < 1.29 is 4.74 Å². The Bertz CT molecular complexity index is 344. The van der Waals surface area contributed by atoms with Gasteiger partial charge < -0.3 is 10.5 Å². The molecule has 0 amide bonds. The highest BCUT2D eigenvalue weighted by molar-refractivity contribution is 8.00. The third-order valence-electron chi connectivity index (χ3n) is 2.23. The van der Waals surface area contributed by atoms with Crippen LogP contribution in [0.4, 0.5) is 5.82 Å². The summed E-state index contributed by atoms with van der Waals surface area (Å²) in [7, 11) is 0. The van der Waals surface area contributed by atoms with Crippen LogP contribution in [-0.4, -0.2) is 28.4 Å². The van der Waals surface area contributed by atoms with E-state index < -0.39 is 0 Å². The molecule has 1 aromatic rings. The Hall–Kier alpha value is -0.520. The van der Waals surface area contributed by atoms with Crippen LogP contribution in [0.15, 0.2) is 11.4 Å². The maximum atomic E-state index is 6.01. The van der Waals surface area contributed by atoms with Gasteiger partial charge >= 0.3 is 0 Å². The first-order chi connectivity index (χ1) is 7.27. The van der Waals surface area contributed by atoms with Gasteiger partial charge in [-0.05, 0) is 12.8 Å². The van der Waals surface area contributed by atoms with Crippen molar-refractivity contribution in [3.8, 4) is 0 Å². The number of nitrogens with two attached hydrogens (primary N) is 1.